The van der Waals surface area contributed by atoms with Crippen LogP contribution in [0.15, 0.2) is 72.8 Å². The summed E-state index contributed by atoms with van der Waals surface area (Å²) >= 11 is 0. The Labute approximate surface area is 192 Å². The number of nitro benzene ring substituents is 1. The quantitative estimate of drug-likeness (QED) is 0.310. The zero-order valence-electron chi connectivity index (χ0n) is 18.4. The molecule has 0 saturated heterocycles. The molecule has 3 aromatic rings. The second-order valence-electron chi connectivity index (χ2n) is 7.68. The summed E-state index contributed by atoms with van der Waals surface area (Å²) in [6.45, 7) is 0.547. The van der Waals surface area contributed by atoms with E-state index in [1.165, 1.54) is 18.2 Å². The van der Waals surface area contributed by atoms with Gasteiger partial charge in [-0.25, -0.2) is 0 Å². The lowest BCUT2D eigenvalue weighted by Crippen LogP contribution is -2.39. The molecule has 7 nitrogen and oxygen atoms in total. The molecule has 1 amide bonds. The maximum absolute atomic E-state index is 13.3. The standard InChI is InChI=1S/C26H24N2O5/c1-32-23-16-20-14-15-27(25(29)13-10-18-8-11-21(12-9-18)28(30)31)26(19-6-4-3-5-7-19)22(20)17-24(23)33-2/h3-13,16-17,26H,14-15H2,1-2H3/b13-10+. The Hall–Kier alpha value is -4.13. The molecule has 0 bridgehead atoms. The Morgan fingerprint density at radius 2 is 1.70 bits per heavy atom. The van der Waals surface area contributed by atoms with Crippen molar-refractivity contribution in [3.8, 4) is 11.5 Å². The fourth-order valence-electron chi connectivity index (χ4n) is 4.15. The number of fused-ring (bicyclic) bond motifs is 1. The van der Waals surface area contributed by atoms with Crippen LogP contribution in [0.2, 0.25) is 0 Å². The summed E-state index contributed by atoms with van der Waals surface area (Å²) in [4.78, 5) is 25.5. The molecule has 0 saturated carbocycles. The van der Waals surface area contributed by atoms with Crippen molar-refractivity contribution in [2.45, 2.75) is 12.5 Å². The molecule has 1 aliphatic rings. The Kier molecular flexibility index (Phi) is 6.40. The summed E-state index contributed by atoms with van der Waals surface area (Å²) in [5, 5.41) is 10.9. The van der Waals surface area contributed by atoms with Crippen molar-refractivity contribution < 1.29 is 19.2 Å². The number of hydrogen-bond acceptors (Lipinski definition) is 5. The van der Waals surface area contributed by atoms with E-state index in [1.54, 1.807) is 32.4 Å². The van der Waals surface area contributed by atoms with Gasteiger partial charge in [0.1, 0.15) is 0 Å². The molecule has 1 aliphatic heterocycles. The molecular weight excluding hydrogens is 420 g/mol. The first-order valence-electron chi connectivity index (χ1n) is 10.5. The van der Waals surface area contributed by atoms with Gasteiger partial charge in [0.25, 0.3) is 5.69 Å². The first-order chi connectivity index (χ1) is 16.0. The van der Waals surface area contributed by atoms with E-state index in [0.29, 0.717) is 30.0 Å². The van der Waals surface area contributed by atoms with Crippen molar-refractivity contribution in [3.05, 3.63) is 105 Å². The highest BCUT2D eigenvalue weighted by atomic mass is 16.6. The average molecular weight is 444 g/mol. The molecule has 1 unspecified atom stereocenters. The molecule has 1 atom stereocenters. The number of non-ortho nitro benzene ring substituents is 1. The highest BCUT2D eigenvalue weighted by molar-refractivity contribution is 5.92. The number of amides is 1. The zero-order valence-corrected chi connectivity index (χ0v) is 18.4. The molecule has 0 aromatic heterocycles. The fourth-order valence-corrected chi connectivity index (χ4v) is 4.15. The molecule has 4 rings (SSSR count). The lowest BCUT2D eigenvalue weighted by atomic mass is 9.87. The van der Waals surface area contributed by atoms with Crippen LogP contribution in [-0.2, 0) is 11.2 Å². The molecular formula is C26H24N2O5. The topological polar surface area (TPSA) is 81.9 Å². The maximum Gasteiger partial charge on any atom is 0.269 e. The predicted octanol–water partition coefficient (Wildman–Crippen LogP) is 4.80. The first kappa shape index (κ1) is 22.1. The van der Waals surface area contributed by atoms with Gasteiger partial charge in [0.2, 0.25) is 5.91 Å². The average Bonchev–Trinajstić information content (AvgIpc) is 2.86. The molecule has 3 aromatic carbocycles. The Bertz CT molecular complexity index is 1190. The van der Waals surface area contributed by atoms with Crippen molar-refractivity contribution in [2.24, 2.45) is 0 Å². The Morgan fingerprint density at radius 3 is 2.33 bits per heavy atom. The van der Waals surface area contributed by atoms with E-state index in [0.717, 1.165) is 16.7 Å². The number of rotatable bonds is 6. The van der Waals surface area contributed by atoms with Crippen molar-refractivity contribution in [2.75, 3.05) is 20.8 Å². The van der Waals surface area contributed by atoms with E-state index in [1.807, 2.05) is 47.4 Å². The van der Waals surface area contributed by atoms with Crippen LogP contribution in [0.5, 0.6) is 11.5 Å². The van der Waals surface area contributed by atoms with Gasteiger partial charge >= 0.3 is 0 Å². The van der Waals surface area contributed by atoms with Gasteiger partial charge in [0.15, 0.2) is 11.5 Å². The van der Waals surface area contributed by atoms with Gasteiger partial charge in [-0.05, 0) is 59.0 Å². The predicted molar refractivity (Wildman–Crippen MR) is 125 cm³/mol. The van der Waals surface area contributed by atoms with Crippen LogP contribution in [0.25, 0.3) is 6.08 Å². The molecule has 0 fully saturated rings. The minimum Gasteiger partial charge on any atom is -0.493 e. The summed E-state index contributed by atoms with van der Waals surface area (Å²) in [5.41, 5.74) is 3.85. The molecule has 1 heterocycles. The smallest absolute Gasteiger partial charge is 0.269 e. The maximum atomic E-state index is 13.3. The van der Waals surface area contributed by atoms with Gasteiger partial charge in [-0.15, -0.1) is 0 Å². The van der Waals surface area contributed by atoms with Gasteiger partial charge in [-0.1, -0.05) is 30.3 Å². The highest BCUT2D eigenvalue weighted by Crippen LogP contribution is 2.41. The third kappa shape index (κ3) is 4.57. The number of carbonyl (C=O) groups excluding carboxylic acids is 1. The summed E-state index contributed by atoms with van der Waals surface area (Å²) in [6, 6.07) is 19.6. The normalized spacial score (nSPS) is 15.2. The van der Waals surface area contributed by atoms with Gasteiger partial charge in [0.05, 0.1) is 25.2 Å². The fraction of sp³-hybridized carbons (Fsp3) is 0.192. The number of methoxy groups -OCH3 is 2. The second kappa shape index (κ2) is 9.56. The molecule has 7 heteroatoms. The van der Waals surface area contributed by atoms with E-state index in [9.17, 15) is 14.9 Å². The highest BCUT2D eigenvalue weighted by Gasteiger charge is 2.32. The summed E-state index contributed by atoms with van der Waals surface area (Å²) < 4.78 is 11.0. The van der Waals surface area contributed by atoms with Gasteiger partial charge in [-0.3, -0.25) is 14.9 Å². The number of hydrogen-bond donors (Lipinski definition) is 0. The second-order valence-corrected chi connectivity index (χ2v) is 7.68. The summed E-state index contributed by atoms with van der Waals surface area (Å²) in [5.74, 6) is 1.15. The summed E-state index contributed by atoms with van der Waals surface area (Å²) in [6.07, 6.45) is 3.89. The van der Waals surface area contributed by atoms with Crippen molar-refractivity contribution in [3.63, 3.8) is 0 Å². The lowest BCUT2D eigenvalue weighted by molar-refractivity contribution is -0.384. The van der Waals surface area contributed by atoms with Crippen LogP contribution < -0.4 is 9.47 Å². The van der Waals surface area contributed by atoms with Gasteiger partial charge in [0, 0.05) is 24.8 Å². The van der Waals surface area contributed by atoms with Crippen molar-refractivity contribution in [1.29, 1.82) is 0 Å². The van der Waals surface area contributed by atoms with E-state index in [2.05, 4.69) is 0 Å². The molecule has 0 radical (unpaired) electrons. The van der Waals surface area contributed by atoms with Gasteiger partial charge < -0.3 is 14.4 Å². The molecule has 0 spiro atoms. The van der Waals surface area contributed by atoms with E-state index >= 15 is 0 Å². The van der Waals surface area contributed by atoms with E-state index in [-0.39, 0.29) is 17.6 Å². The van der Waals surface area contributed by atoms with Gasteiger partial charge in [-0.2, -0.15) is 0 Å². The zero-order chi connectivity index (χ0) is 23.4. The minimum atomic E-state index is -0.447. The first-order valence-corrected chi connectivity index (χ1v) is 10.5. The van der Waals surface area contributed by atoms with Crippen LogP contribution in [-0.4, -0.2) is 36.5 Å². The molecule has 33 heavy (non-hydrogen) atoms. The third-order valence-electron chi connectivity index (χ3n) is 5.79. The number of nitro groups is 1. The van der Waals surface area contributed by atoms with Crippen LogP contribution in [0.1, 0.15) is 28.3 Å². The Morgan fingerprint density at radius 1 is 1.03 bits per heavy atom. The van der Waals surface area contributed by atoms with E-state index < -0.39 is 4.92 Å². The number of benzene rings is 3. The minimum absolute atomic E-state index is 0.0135. The molecule has 0 aliphatic carbocycles. The van der Waals surface area contributed by atoms with Crippen LogP contribution in [0.4, 0.5) is 5.69 Å². The largest absolute Gasteiger partial charge is 0.493 e. The monoisotopic (exact) mass is 444 g/mol. The molecule has 168 valence electrons. The Balaban J connectivity index is 1.68. The van der Waals surface area contributed by atoms with Crippen LogP contribution in [0, 0.1) is 10.1 Å². The van der Waals surface area contributed by atoms with Crippen LogP contribution in [0.3, 0.4) is 0 Å². The number of ether oxygens (including phenoxy) is 2. The van der Waals surface area contributed by atoms with Crippen molar-refractivity contribution >= 4 is 17.7 Å². The van der Waals surface area contributed by atoms with Crippen LogP contribution >= 0.6 is 0 Å². The molecule has 0 N–H and O–H groups in total. The number of nitrogens with zero attached hydrogens (tertiary/aromatic N) is 2. The summed E-state index contributed by atoms with van der Waals surface area (Å²) in [7, 11) is 3.21. The third-order valence-corrected chi connectivity index (χ3v) is 5.79. The van der Waals surface area contributed by atoms with E-state index in [4.69, 9.17) is 9.47 Å². The lowest BCUT2D eigenvalue weighted by Gasteiger charge is -2.37. The van der Waals surface area contributed by atoms with Crippen molar-refractivity contribution in [1.82, 2.24) is 4.90 Å². The SMILES string of the molecule is COc1cc2c(cc1OC)C(c1ccccc1)N(C(=O)/C=C/c1ccc([N+](=O)[O-])cc1)CC2. The number of carbonyl (C=O) groups is 1.